The average molecular weight is 388 g/mol. The second-order valence-corrected chi connectivity index (χ2v) is 8.09. The first-order chi connectivity index (χ1) is 14.0. The summed E-state index contributed by atoms with van der Waals surface area (Å²) in [6.07, 6.45) is 6.51. The topological polar surface area (TPSA) is 72.9 Å². The summed E-state index contributed by atoms with van der Waals surface area (Å²) < 4.78 is 3.62. The third-order valence-corrected chi connectivity index (χ3v) is 6.19. The lowest BCUT2D eigenvalue weighted by molar-refractivity contribution is 0.111. The van der Waals surface area contributed by atoms with Gasteiger partial charge in [-0.15, -0.1) is 0 Å². The van der Waals surface area contributed by atoms with Crippen molar-refractivity contribution in [2.24, 2.45) is 7.05 Å². The molecule has 6 nitrogen and oxygen atoms in total. The Kier molecular flexibility index (Phi) is 4.24. The van der Waals surface area contributed by atoms with E-state index in [0.717, 1.165) is 64.4 Å². The van der Waals surface area contributed by atoms with Gasteiger partial charge in [-0.05, 0) is 56.4 Å². The number of imidazole rings is 1. The maximum Gasteiger partial charge on any atom is 0.329 e. The van der Waals surface area contributed by atoms with E-state index in [-0.39, 0.29) is 17.8 Å². The van der Waals surface area contributed by atoms with Crippen LogP contribution in [0.3, 0.4) is 0 Å². The first-order valence-corrected chi connectivity index (χ1v) is 10.1. The molecule has 5 rings (SSSR count). The maximum atomic E-state index is 13.1. The summed E-state index contributed by atoms with van der Waals surface area (Å²) in [5, 5.41) is 10.9. The second-order valence-electron chi connectivity index (χ2n) is 8.09. The number of aryl methyl sites for hydroxylation is 2. The summed E-state index contributed by atoms with van der Waals surface area (Å²) in [6, 6.07) is 10.4. The predicted octanol–water partition coefficient (Wildman–Crippen LogP) is 3.73. The number of aliphatic hydroxyl groups excluding tert-OH is 1. The van der Waals surface area contributed by atoms with Crippen molar-refractivity contribution >= 4 is 21.9 Å². The van der Waals surface area contributed by atoms with Crippen LogP contribution in [0.4, 0.5) is 0 Å². The molecule has 29 heavy (non-hydrogen) atoms. The number of aromatic nitrogens is 4. The summed E-state index contributed by atoms with van der Waals surface area (Å²) in [5.41, 5.74) is 5.71. The van der Waals surface area contributed by atoms with E-state index >= 15 is 0 Å². The lowest BCUT2D eigenvalue weighted by Gasteiger charge is -2.26. The molecule has 0 radical (unpaired) electrons. The maximum absolute atomic E-state index is 13.1. The molecular weight excluding hydrogens is 364 g/mol. The molecular formula is C23H24N4O2. The molecule has 6 heteroatoms. The number of hydrogen-bond acceptors (Lipinski definition) is 4. The van der Waals surface area contributed by atoms with Crippen molar-refractivity contribution in [3.63, 3.8) is 0 Å². The standard InChI is InChI=1S/C23H24N4O2/c1-14-3-4-16(12-24-14)15-5-10-20-19(11-15)22-21(13-25-20)26(2)23(29)27(22)17-6-8-18(28)9-7-17/h3-5,10-13,17-18,28H,6-9H2,1-2H3/t17-,18-. The minimum absolute atomic E-state index is 0.0157. The molecule has 0 atom stereocenters. The molecule has 0 unspecified atom stereocenters. The monoisotopic (exact) mass is 388 g/mol. The van der Waals surface area contributed by atoms with E-state index in [1.165, 1.54) is 0 Å². The Morgan fingerprint density at radius 3 is 2.48 bits per heavy atom. The molecule has 1 N–H and O–H groups in total. The Balaban J connectivity index is 1.76. The lowest BCUT2D eigenvalue weighted by Crippen LogP contribution is -2.29. The number of rotatable bonds is 2. The molecule has 4 aromatic rings. The zero-order chi connectivity index (χ0) is 20.1. The van der Waals surface area contributed by atoms with E-state index in [1.807, 2.05) is 29.8 Å². The van der Waals surface area contributed by atoms with Gasteiger partial charge in [-0.3, -0.25) is 19.1 Å². The van der Waals surface area contributed by atoms with Crippen molar-refractivity contribution in [1.82, 2.24) is 19.1 Å². The Labute approximate surface area is 168 Å². The van der Waals surface area contributed by atoms with Crippen molar-refractivity contribution < 1.29 is 5.11 Å². The van der Waals surface area contributed by atoms with Crippen molar-refractivity contribution in [2.75, 3.05) is 0 Å². The van der Waals surface area contributed by atoms with Crippen molar-refractivity contribution in [3.05, 3.63) is 58.9 Å². The molecule has 1 aliphatic carbocycles. The van der Waals surface area contributed by atoms with Gasteiger partial charge in [-0.25, -0.2) is 4.79 Å². The SMILES string of the molecule is Cc1ccc(-c2ccc3ncc4c(c3c2)n([C@H]2CC[C@H](O)CC2)c(=O)n4C)cn1. The minimum Gasteiger partial charge on any atom is -0.393 e. The third kappa shape index (κ3) is 2.95. The Bertz CT molecular complexity index is 1260. The molecule has 0 bridgehead atoms. The van der Waals surface area contributed by atoms with E-state index in [1.54, 1.807) is 17.8 Å². The molecule has 1 saturated carbocycles. The first kappa shape index (κ1) is 18.1. The van der Waals surface area contributed by atoms with E-state index < -0.39 is 0 Å². The average Bonchev–Trinajstić information content (AvgIpc) is 3.00. The first-order valence-electron chi connectivity index (χ1n) is 10.1. The molecule has 1 fully saturated rings. The van der Waals surface area contributed by atoms with Gasteiger partial charge >= 0.3 is 5.69 Å². The van der Waals surface area contributed by atoms with Crippen LogP contribution < -0.4 is 5.69 Å². The minimum atomic E-state index is -0.254. The van der Waals surface area contributed by atoms with Crippen molar-refractivity contribution in [1.29, 1.82) is 0 Å². The van der Waals surface area contributed by atoms with Crippen molar-refractivity contribution in [3.8, 4) is 11.1 Å². The number of benzene rings is 1. The Hall–Kier alpha value is -2.99. The predicted molar refractivity (Wildman–Crippen MR) is 114 cm³/mol. The largest absolute Gasteiger partial charge is 0.393 e. The van der Waals surface area contributed by atoms with Crippen molar-refractivity contribution in [2.45, 2.75) is 44.8 Å². The van der Waals surface area contributed by atoms with E-state index in [4.69, 9.17) is 0 Å². The highest BCUT2D eigenvalue weighted by molar-refractivity contribution is 6.04. The number of nitrogens with zero attached hydrogens (tertiary/aromatic N) is 4. The number of pyridine rings is 2. The van der Waals surface area contributed by atoms with Gasteiger partial charge in [0.15, 0.2) is 0 Å². The van der Waals surface area contributed by atoms with Crippen LogP contribution in [0.2, 0.25) is 0 Å². The number of fused-ring (bicyclic) bond motifs is 3. The van der Waals surface area contributed by atoms with Crippen LogP contribution in [0.25, 0.3) is 33.1 Å². The normalized spacial score (nSPS) is 19.8. The van der Waals surface area contributed by atoms with Gasteiger partial charge in [-0.1, -0.05) is 12.1 Å². The van der Waals surface area contributed by atoms with Crippen LogP contribution in [-0.2, 0) is 7.05 Å². The number of aliphatic hydroxyl groups is 1. The molecule has 3 heterocycles. The molecule has 0 saturated heterocycles. The highest BCUT2D eigenvalue weighted by Gasteiger charge is 2.26. The van der Waals surface area contributed by atoms with E-state index in [0.29, 0.717) is 0 Å². The zero-order valence-corrected chi connectivity index (χ0v) is 16.7. The van der Waals surface area contributed by atoms with Crippen LogP contribution in [-0.4, -0.2) is 30.3 Å². The summed E-state index contributed by atoms with van der Waals surface area (Å²) in [5.74, 6) is 0. The molecule has 1 aromatic carbocycles. The summed E-state index contributed by atoms with van der Waals surface area (Å²) >= 11 is 0. The number of hydrogen-bond donors (Lipinski definition) is 1. The van der Waals surface area contributed by atoms with E-state index in [9.17, 15) is 9.90 Å². The zero-order valence-electron chi connectivity index (χ0n) is 16.7. The summed E-state index contributed by atoms with van der Waals surface area (Å²) in [4.78, 5) is 22.1. The fraction of sp³-hybridized carbons (Fsp3) is 0.348. The molecule has 0 amide bonds. The van der Waals surface area contributed by atoms with Gasteiger partial charge in [0, 0.05) is 35.9 Å². The molecule has 3 aromatic heterocycles. The third-order valence-electron chi connectivity index (χ3n) is 6.19. The molecule has 0 spiro atoms. The van der Waals surface area contributed by atoms with Gasteiger partial charge in [0.25, 0.3) is 0 Å². The Morgan fingerprint density at radius 2 is 1.76 bits per heavy atom. The second kappa shape index (κ2) is 6.81. The van der Waals surface area contributed by atoms with Crippen LogP contribution in [0.1, 0.15) is 37.4 Å². The summed E-state index contributed by atoms with van der Waals surface area (Å²) in [7, 11) is 1.81. The van der Waals surface area contributed by atoms with Crippen LogP contribution in [0.5, 0.6) is 0 Å². The van der Waals surface area contributed by atoms with Gasteiger partial charge in [0.05, 0.1) is 28.9 Å². The van der Waals surface area contributed by atoms with E-state index in [2.05, 4.69) is 28.2 Å². The fourth-order valence-electron chi connectivity index (χ4n) is 4.50. The smallest absolute Gasteiger partial charge is 0.329 e. The highest BCUT2D eigenvalue weighted by Crippen LogP contribution is 2.34. The fourth-order valence-corrected chi connectivity index (χ4v) is 4.50. The molecule has 0 aliphatic heterocycles. The Morgan fingerprint density at radius 1 is 1.00 bits per heavy atom. The molecule has 148 valence electrons. The van der Waals surface area contributed by atoms with Crippen LogP contribution >= 0.6 is 0 Å². The van der Waals surface area contributed by atoms with Gasteiger partial charge in [0.1, 0.15) is 0 Å². The van der Waals surface area contributed by atoms with Crippen LogP contribution in [0.15, 0.2) is 47.5 Å². The van der Waals surface area contributed by atoms with Gasteiger partial charge in [0.2, 0.25) is 0 Å². The molecule has 1 aliphatic rings. The quantitative estimate of drug-likeness (QED) is 0.568. The van der Waals surface area contributed by atoms with Gasteiger partial charge in [-0.2, -0.15) is 0 Å². The lowest BCUT2D eigenvalue weighted by atomic mass is 9.92. The van der Waals surface area contributed by atoms with Crippen LogP contribution in [0, 0.1) is 6.92 Å². The highest BCUT2D eigenvalue weighted by atomic mass is 16.3. The van der Waals surface area contributed by atoms with Gasteiger partial charge < -0.3 is 5.11 Å². The summed E-state index contributed by atoms with van der Waals surface area (Å²) in [6.45, 7) is 1.97.